The maximum Gasteiger partial charge on any atom is 0.219 e. The van der Waals surface area contributed by atoms with Gasteiger partial charge in [-0.15, -0.1) is 0 Å². The molecule has 1 unspecified atom stereocenters. The zero-order valence-electron chi connectivity index (χ0n) is 8.36. The van der Waals surface area contributed by atoms with Gasteiger partial charge in [0.15, 0.2) is 0 Å². The predicted octanol–water partition coefficient (Wildman–Crippen LogP) is -0.121. The minimum atomic E-state index is -0.339. The highest BCUT2D eigenvalue weighted by atomic mass is 16.3. The van der Waals surface area contributed by atoms with E-state index in [-0.39, 0.29) is 12.1 Å². The number of nitrogens with zero attached hydrogens (tertiary/aromatic N) is 2. The Morgan fingerprint density at radius 1 is 1.38 bits per heavy atom. The minimum Gasteiger partial charge on any atom is -0.378 e. The first-order chi connectivity index (χ1) is 6.15. The van der Waals surface area contributed by atoms with E-state index in [4.69, 9.17) is 0 Å². The summed E-state index contributed by atoms with van der Waals surface area (Å²) < 4.78 is 0. The Hall–Kier alpha value is -0.610. The Morgan fingerprint density at radius 3 is 2.31 bits per heavy atom. The van der Waals surface area contributed by atoms with Gasteiger partial charge in [-0.3, -0.25) is 9.69 Å². The molecule has 0 aromatic carbocycles. The van der Waals surface area contributed by atoms with E-state index in [1.54, 1.807) is 6.92 Å². The SMILES string of the molecule is CCC(O)N1CCN(C(C)=O)CC1. The van der Waals surface area contributed by atoms with E-state index in [0.717, 1.165) is 32.6 Å². The molecular formula is C9H18N2O2. The van der Waals surface area contributed by atoms with Crippen molar-refractivity contribution in [2.24, 2.45) is 0 Å². The maximum absolute atomic E-state index is 11.0. The summed E-state index contributed by atoms with van der Waals surface area (Å²) in [6.45, 7) is 6.61. The van der Waals surface area contributed by atoms with Crippen LogP contribution in [0.2, 0.25) is 0 Å². The fourth-order valence-corrected chi connectivity index (χ4v) is 1.59. The molecule has 1 aliphatic heterocycles. The number of rotatable bonds is 2. The molecule has 1 N–H and O–H groups in total. The molecule has 13 heavy (non-hydrogen) atoms. The van der Waals surface area contributed by atoms with Gasteiger partial charge in [-0.1, -0.05) is 6.92 Å². The Balaban J connectivity index is 2.34. The number of piperazine rings is 1. The first-order valence-corrected chi connectivity index (χ1v) is 4.82. The Kier molecular flexibility index (Phi) is 3.69. The average Bonchev–Trinajstić information content (AvgIpc) is 2.17. The summed E-state index contributed by atoms with van der Waals surface area (Å²) in [7, 11) is 0. The largest absolute Gasteiger partial charge is 0.378 e. The standard InChI is InChI=1S/C9H18N2O2/c1-3-9(13)11-6-4-10(5-7-11)8(2)12/h9,13H,3-7H2,1-2H3. The van der Waals surface area contributed by atoms with Crippen LogP contribution in [0.1, 0.15) is 20.3 Å². The molecule has 0 spiro atoms. The molecule has 1 heterocycles. The minimum absolute atomic E-state index is 0.130. The zero-order valence-corrected chi connectivity index (χ0v) is 8.36. The summed E-state index contributed by atoms with van der Waals surface area (Å²) in [5, 5.41) is 9.53. The number of hydrogen-bond acceptors (Lipinski definition) is 3. The molecule has 0 saturated carbocycles. The molecule has 0 aromatic heterocycles. The molecule has 1 rings (SSSR count). The predicted molar refractivity (Wildman–Crippen MR) is 50.1 cm³/mol. The normalized spacial score (nSPS) is 21.6. The molecule has 0 aromatic rings. The number of carbonyl (C=O) groups is 1. The third kappa shape index (κ3) is 2.67. The molecule has 0 aliphatic carbocycles. The summed E-state index contributed by atoms with van der Waals surface area (Å²) in [6, 6.07) is 0. The Labute approximate surface area is 79.1 Å². The Morgan fingerprint density at radius 2 is 1.92 bits per heavy atom. The lowest BCUT2D eigenvalue weighted by atomic mass is 10.2. The molecule has 76 valence electrons. The number of hydrogen-bond donors (Lipinski definition) is 1. The van der Waals surface area contributed by atoms with Crippen LogP contribution in [0.15, 0.2) is 0 Å². The van der Waals surface area contributed by atoms with Crippen LogP contribution in [-0.4, -0.2) is 53.2 Å². The second kappa shape index (κ2) is 4.58. The van der Waals surface area contributed by atoms with Crippen molar-refractivity contribution < 1.29 is 9.90 Å². The number of amides is 1. The van der Waals surface area contributed by atoms with Gasteiger partial charge in [0.25, 0.3) is 0 Å². The van der Waals surface area contributed by atoms with Crippen molar-refractivity contribution in [3.63, 3.8) is 0 Å². The first-order valence-electron chi connectivity index (χ1n) is 4.82. The summed E-state index contributed by atoms with van der Waals surface area (Å²) in [4.78, 5) is 14.8. The van der Waals surface area contributed by atoms with Crippen molar-refractivity contribution in [3.8, 4) is 0 Å². The van der Waals surface area contributed by atoms with Gasteiger partial charge in [-0.05, 0) is 6.42 Å². The highest BCUT2D eigenvalue weighted by Gasteiger charge is 2.21. The molecule has 0 radical (unpaired) electrons. The molecule has 1 saturated heterocycles. The quantitative estimate of drug-likeness (QED) is 0.654. The van der Waals surface area contributed by atoms with Crippen LogP contribution in [0.4, 0.5) is 0 Å². The van der Waals surface area contributed by atoms with Gasteiger partial charge in [-0.2, -0.15) is 0 Å². The lowest BCUT2D eigenvalue weighted by Crippen LogP contribution is -2.51. The van der Waals surface area contributed by atoms with Gasteiger partial charge in [-0.25, -0.2) is 0 Å². The van der Waals surface area contributed by atoms with Crippen LogP contribution in [-0.2, 0) is 4.79 Å². The van der Waals surface area contributed by atoms with Crippen molar-refractivity contribution >= 4 is 5.91 Å². The monoisotopic (exact) mass is 186 g/mol. The average molecular weight is 186 g/mol. The summed E-state index contributed by atoms with van der Waals surface area (Å²) >= 11 is 0. The molecule has 0 bridgehead atoms. The molecule has 4 nitrogen and oxygen atoms in total. The van der Waals surface area contributed by atoms with E-state index < -0.39 is 0 Å². The van der Waals surface area contributed by atoms with Gasteiger partial charge < -0.3 is 10.0 Å². The fraction of sp³-hybridized carbons (Fsp3) is 0.889. The molecule has 1 amide bonds. The van der Waals surface area contributed by atoms with E-state index in [0.29, 0.717) is 0 Å². The fourth-order valence-electron chi connectivity index (χ4n) is 1.59. The van der Waals surface area contributed by atoms with Crippen LogP contribution in [0, 0.1) is 0 Å². The maximum atomic E-state index is 11.0. The van der Waals surface area contributed by atoms with Gasteiger partial charge in [0.1, 0.15) is 6.23 Å². The van der Waals surface area contributed by atoms with E-state index in [1.807, 2.05) is 16.7 Å². The highest BCUT2D eigenvalue weighted by molar-refractivity contribution is 5.73. The van der Waals surface area contributed by atoms with Crippen LogP contribution in [0.3, 0.4) is 0 Å². The lowest BCUT2D eigenvalue weighted by Gasteiger charge is -2.36. The van der Waals surface area contributed by atoms with Crippen molar-refractivity contribution in [2.45, 2.75) is 26.5 Å². The van der Waals surface area contributed by atoms with Crippen molar-refractivity contribution in [2.75, 3.05) is 26.2 Å². The molecule has 1 aliphatic rings. The lowest BCUT2D eigenvalue weighted by molar-refractivity contribution is -0.132. The van der Waals surface area contributed by atoms with Crippen molar-refractivity contribution in [3.05, 3.63) is 0 Å². The van der Waals surface area contributed by atoms with Crippen LogP contribution in [0.25, 0.3) is 0 Å². The third-order valence-electron chi connectivity index (χ3n) is 2.55. The Bertz CT molecular complexity index is 176. The summed E-state index contributed by atoms with van der Waals surface area (Å²) in [5.41, 5.74) is 0. The zero-order chi connectivity index (χ0) is 9.84. The third-order valence-corrected chi connectivity index (χ3v) is 2.55. The molecule has 1 fully saturated rings. The second-order valence-corrected chi connectivity index (χ2v) is 3.43. The second-order valence-electron chi connectivity index (χ2n) is 3.43. The van der Waals surface area contributed by atoms with Gasteiger partial charge in [0, 0.05) is 33.1 Å². The molecular weight excluding hydrogens is 168 g/mol. The van der Waals surface area contributed by atoms with Crippen LogP contribution in [0.5, 0.6) is 0 Å². The van der Waals surface area contributed by atoms with Crippen LogP contribution < -0.4 is 0 Å². The molecule has 4 heteroatoms. The first kappa shape index (κ1) is 10.5. The number of carbonyl (C=O) groups excluding carboxylic acids is 1. The van der Waals surface area contributed by atoms with Crippen LogP contribution >= 0.6 is 0 Å². The number of aliphatic hydroxyl groups is 1. The van der Waals surface area contributed by atoms with Gasteiger partial charge in [0.2, 0.25) is 5.91 Å². The smallest absolute Gasteiger partial charge is 0.219 e. The van der Waals surface area contributed by atoms with E-state index in [2.05, 4.69) is 0 Å². The summed E-state index contributed by atoms with van der Waals surface area (Å²) in [5.74, 6) is 0.130. The van der Waals surface area contributed by atoms with E-state index >= 15 is 0 Å². The van der Waals surface area contributed by atoms with Crippen molar-refractivity contribution in [1.82, 2.24) is 9.80 Å². The van der Waals surface area contributed by atoms with E-state index in [1.165, 1.54) is 0 Å². The van der Waals surface area contributed by atoms with Gasteiger partial charge in [0.05, 0.1) is 0 Å². The highest BCUT2D eigenvalue weighted by Crippen LogP contribution is 2.06. The summed E-state index contributed by atoms with van der Waals surface area (Å²) in [6.07, 6.45) is 0.411. The number of aliphatic hydroxyl groups excluding tert-OH is 1. The van der Waals surface area contributed by atoms with Crippen molar-refractivity contribution in [1.29, 1.82) is 0 Å². The van der Waals surface area contributed by atoms with Gasteiger partial charge >= 0.3 is 0 Å². The molecule has 1 atom stereocenters. The van der Waals surface area contributed by atoms with E-state index in [9.17, 15) is 9.90 Å². The topological polar surface area (TPSA) is 43.8 Å².